The number of nitrogen functional groups attached to an aromatic ring is 1. The van der Waals surface area contributed by atoms with Crippen LogP contribution >= 0.6 is 23.4 Å². The number of nitrogens with two attached hydrogens (primary N) is 1. The van der Waals surface area contributed by atoms with Crippen molar-refractivity contribution in [2.24, 2.45) is 0 Å². The van der Waals surface area contributed by atoms with Crippen LogP contribution in [0, 0.1) is 0 Å². The number of thioether (sulfide) groups is 1. The molecule has 0 amide bonds. The van der Waals surface area contributed by atoms with Gasteiger partial charge in [0.2, 0.25) is 0 Å². The molecule has 2 heterocycles. The lowest BCUT2D eigenvalue weighted by molar-refractivity contribution is -0.199. The van der Waals surface area contributed by atoms with Crippen molar-refractivity contribution >= 4 is 34.9 Å². The van der Waals surface area contributed by atoms with Gasteiger partial charge in [-0.05, 0) is 20.2 Å². The van der Waals surface area contributed by atoms with Gasteiger partial charge in [-0.1, -0.05) is 30.2 Å². The molecular formula is C18H27ClN4O4S. The molecule has 0 aromatic carbocycles. The summed E-state index contributed by atoms with van der Waals surface area (Å²) in [6.45, 7) is 0.336. The Labute approximate surface area is 183 Å². The van der Waals surface area contributed by atoms with Crippen LogP contribution in [0.25, 0.3) is 0 Å². The Kier molecular flexibility index (Phi) is 3.43. The van der Waals surface area contributed by atoms with Gasteiger partial charge in [0.15, 0.2) is 21.9 Å². The first-order valence-corrected chi connectivity index (χ1v) is 10.0. The molecule has 4 fully saturated rings. The fourth-order valence-corrected chi connectivity index (χ4v) is 5.16. The van der Waals surface area contributed by atoms with Gasteiger partial charge >= 0.3 is 0 Å². The molecule has 4 atom stereocenters. The van der Waals surface area contributed by atoms with E-state index in [0.29, 0.717) is 12.8 Å². The molecule has 0 radical (unpaired) electrons. The van der Waals surface area contributed by atoms with Gasteiger partial charge in [0.05, 0.1) is 19.3 Å². The monoisotopic (exact) mass is 437 g/mol. The van der Waals surface area contributed by atoms with Crippen LogP contribution in [0.1, 0.15) is 49.5 Å². The molecule has 1 aliphatic heterocycles. The summed E-state index contributed by atoms with van der Waals surface area (Å²) in [4.78, 5) is 8.14. The quantitative estimate of drug-likeness (QED) is 0.320. The van der Waals surface area contributed by atoms with E-state index in [1.165, 1.54) is 0 Å². The van der Waals surface area contributed by atoms with Crippen LogP contribution in [0.2, 0.25) is 5.15 Å². The Balaban J connectivity index is 1.61. The number of aromatic nitrogens is 2. The van der Waals surface area contributed by atoms with Gasteiger partial charge in [-0.2, -0.15) is 0 Å². The van der Waals surface area contributed by atoms with Crippen molar-refractivity contribution in [3.63, 3.8) is 0 Å². The van der Waals surface area contributed by atoms with Gasteiger partial charge in [-0.25, -0.2) is 9.97 Å². The van der Waals surface area contributed by atoms with Crippen LogP contribution in [0.15, 0.2) is 5.16 Å². The number of nitrogens with zero attached hydrogens (tertiary/aromatic N) is 2. The van der Waals surface area contributed by atoms with Gasteiger partial charge in [0.1, 0.15) is 23.0 Å². The molecule has 1 spiro atoms. The van der Waals surface area contributed by atoms with Crippen LogP contribution in [0.3, 0.4) is 0 Å². The first-order valence-electron chi connectivity index (χ1n) is 12.3. The number of fused-ring (bicyclic) bond motifs is 1. The van der Waals surface area contributed by atoms with E-state index in [1.54, 1.807) is 13.8 Å². The minimum absolute atomic E-state index is 0.0176. The standard InChI is InChI=1S/C18H27ClN4O4S/c1-4-7-28-15-22-12(19)11(20)13(23-15)21-10-8-17(25-6-5-24)9-18(10)14(17)26-16(2,3)27-18/h10,14,24H,4-9,20H2,1-3H3,(H,21,22,23)/t10-,14-,17-,18-/m1/s1/i1D3,4D2,7D2. The zero-order valence-electron chi connectivity index (χ0n) is 22.4. The van der Waals surface area contributed by atoms with Gasteiger partial charge < -0.3 is 30.4 Å². The molecule has 8 nitrogen and oxygen atoms in total. The zero-order chi connectivity index (χ0) is 26.2. The number of halogens is 1. The summed E-state index contributed by atoms with van der Waals surface area (Å²) >= 11 is 6.37. The summed E-state index contributed by atoms with van der Waals surface area (Å²) in [6.07, 6.45) is -2.65. The highest BCUT2D eigenvalue weighted by molar-refractivity contribution is 7.99. The van der Waals surface area contributed by atoms with Crippen molar-refractivity contribution in [3.8, 4) is 0 Å². The predicted molar refractivity (Wildman–Crippen MR) is 108 cm³/mol. The van der Waals surface area contributed by atoms with E-state index in [1.807, 2.05) is 0 Å². The smallest absolute Gasteiger partial charge is 0.191 e. The van der Waals surface area contributed by atoms with Crippen molar-refractivity contribution < 1.29 is 28.9 Å². The highest BCUT2D eigenvalue weighted by Gasteiger charge is 2.81. The second-order valence-corrected chi connectivity index (χ2v) is 8.69. The van der Waals surface area contributed by atoms with Crippen molar-refractivity contribution in [2.75, 3.05) is 30.0 Å². The fourth-order valence-electron chi connectivity index (χ4n) is 4.53. The molecule has 10 heteroatoms. The maximum absolute atomic E-state index is 9.24. The molecule has 5 rings (SSSR count). The van der Waals surface area contributed by atoms with Crippen LogP contribution in [0.5, 0.6) is 0 Å². The normalized spacial score (nSPS) is 40.1. The zero-order valence-corrected chi connectivity index (χ0v) is 17.0. The van der Waals surface area contributed by atoms with Crippen LogP contribution in [0.4, 0.5) is 11.5 Å². The Morgan fingerprint density at radius 3 is 3.11 bits per heavy atom. The van der Waals surface area contributed by atoms with Gasteiger partial charge in [0, 0.05) is 28.1 Å². The highest BCUT2D eigenvalue weighted by Crippen LogP contribution is 2.66. The van der Waals surface area contributed by atoms with Crippen LogP contribution < -0.4 is 11.1 Å². The third-order valence-corrected chi connectivity index (χ3v) is 6.20. The molecule has 28 heavy (non-hydrogen) atoms. The van der Waals surface area contributed by atoms with Gasteiger partial charge in [0.25, 0.3) is 0 Å². The maximum Gasteiger partial charge on any atom is 0.191 e. The second kappa shape index (κ2) is 7.14. The minimum atomic E-state index is -3.23. The molecule has 4 aliphatic rings. The summed E-state index contributed by atoms with van der Waals surface area (Å²) in [7, 11) is 0. The molecule has 1 aromatic rings. The van der Waals surface area contributed by atoms with E-state index in [9.17, 15) is 5.11 Å². The fraction of sp³-hybridized carbons (Fsp3) is 0.778. The topological polar surface area (TPSA) is 112 Å². The first-order chi connectivity index (χ1) is 15.9. The number of ether oxygens (including phenoxy) is 3. The number of aliphatic hydroxyl groups excluding tert-OH is 1. The molecular weight excluding hydrogens is 404 g/mol. The third kappa shape index (κ3) is 3.16. The van der Waals surface area contributed by atoms with Gasteiger partial charge in [-0.15, -0.1) is 0 Å². The Hall–Kier alpha value is -0.840. The lowest BCUT2D eigenvalue weighted by Crippen LogP contribution is -2.65. The van der Waals surface area contributed by atoms with E-state index in [2.05, 4.69) is 15.3 Å². The second-order valence-electron chi connectivity index (χ2n) is 7.56. The number of rotatable bonds is 8. The predicted octanol–water partition coefficient (Wildman–Crippen LogP) is 2.44. The van der Waals surface area contributed by atoms with E-state index < -0.39 is 48.1 Å². The highest BCUT2D eigenvalue weighted by atomic mass is 35.5. The molecule has 0 unspecified atom stereocenters. The van der Waals surface area contributed by atoms with Gasteiger partial charge in [-0.3, -0.25) is 0 Å². The minimum Gasteiger partial charge on any atom is -0.394 e. The van der Waals surface area contributed by atoms with Crippen molar-refractivity contribution in [1.82, 2.24) is 9.97 Å². The van der Waals surface area contributed by atoms with E-state index in [4.69, 9.17) is 41.1 Å². The molecule has 3 saturated carbocycles. The third-order valence-electron chi connectivity index (χ3n) is 5.34. The first kappa shape index (κ1) is 13.5. The van der Waals surface area contributed by atoms with E-state index in [0.717, 1.165) is 0 Å². The van der Waals surface area contributed by atoms with Crippen LogP contribution in [-0.4, -0.2) is 63.1 Å². The molecule has 156 valence electrons. The lowest BCUT2D eigenvalue weighted by Gasteiger charge is -2.48. The number of hydrogen-bond acceptors (Lipinski definition) is 9. The maximum atomic E-state index is 9.24. The lowest BCUT2D eigenvalue weighted by atomic mass is 9.72. The molecule has 1 saturated heterocycles. The van der Waals surface area contributed by atoms with E-state index >= 15 is 0 Å². The van der Waals surface area contributed by atoms with Crippen LogP contribution in [-0.2, 0) is 14.2 Å². The Morgan fingerprint density at radius 2 is 2.36 bits per heavy atom. The number of anilines is 2. The Bertz CT molecular complexity index is 1020. The van der Waals surface area contributed by atoms with E-state index in [-0.39, 0.29) is 46.8 Å². The Morgan fingerprint density at radius 1 is 1.54 bits per heavy atom. The molecule has 3 aliphatic carbocycles. The average Bonchev–Trinajstić information content (AvgIpc) is 3.22. The molecule has 4 N–H and O–H groups in total. The number of nitrogens with one attached hydrogen (secondary N) is 1. The summed E-state index contributed by atoms with van der Waals surface area (Å²) in [5.74, 6) is -0.809. The summed E-state index contributed by atoms with van der Waals surface area (Å²) in [5, 5.41) is 11.9. The largest absolute Gasteiger partial charge is 0.394 e. The summed E-state index contributed by atoms with van der Waals surface area (Å²) < 4.78 is 72.1. The number of aliphatic hydroxyl groups is 1. The molecule has 2 bridgehead atoms. The summed E-state index contributed by atoms with van der Waals surface area (Å²) in [6, 6.07) is -0.398. The average molecular weight is 438 g/mol. The number of hydrogen-bond donors (Lipinski definition) is 3. The summed E-state index contributed by atoms with van der Waals surface area (Å²) in [5.41, 5.74) is 1.72. The van der Waals surface area contributed by atoms with Crippen molar-refractivity contribution in [2.45, 2.75) is 74.2 Å². The molecule has 1 aromatic heterocycles. The van der Waals surface area contributed by atoms with Crippen molar-refractivity contribution in [3.05, 3.63) is 5.15 Å². The SMILES string of the molecule is [2H]C([2H])([2H])C([2H])([2H])C([2H])([2H])Sc1nc(Cl)c(N)c(N[C@@H]2C[C@@]3(OCCO)C[C@@]24OC(C)(C)O[C@H]34)n1. The van der Waals surface area contributed by atoms with Crippen molar-refractivity contribution in [1.29, 1.82) is 0 Å².